The molecule has 0 fully saturated rings. The van der Waals surface area contributed by atoms with Crippen molar-refractivity contribution in [3.8, 4) is 5.75 Å². The van der Waals surface area contributed by atoms with E-state index in [2.05, 4.69) is 54.1 Å². The number of fused-ring (bicyclic) bond motifs is 1. The van der Waals surface area contributed by atoms with Crippen molar-refractivity contribution in [2.24, 2.45) is 5.41 Å². The largest absolute Gasteiger partial charge is 0.487 e. The lowest BCUT2D eigenvalue weighted by atomic mass is 9.72. The molecule has 3 aromatic carbocycles. The number of H-pyrrole nitrogens is 1. The highest BCUT2D eigenvalue weighted by Crippen LogP contribution is 2.44. The molecule has 1 heterocycles. The van der Waals surface area contributed by atoms with Crippen molar-refractivity contribution >= 4 is 36.4 Å². The van der Waals surface area contributed by atoms with Crippen molar-refractivity contribution < 1.29 is 23.5 Å². The van der Waals surface area contributed by atoms with Gasteiger partial charge in [0, 0.05) is 42.3 Å². The summed E-state index contributed by atoms with van der Waals surface area (Å²) in [4.78, 5) is 29.3. The Labute approximate surface area is 283 Å². The molecule has 1 aromatic heterocycles. The summed E-state index contributed by atoms with van der Waals surface area (Å²) in [6, 6.07) is 28.0. The van der Waals surface area contributed by atoms with Crippen LogP contribution in [0.2, 0.25) is 13.1 Å². The number of aromatic nitrogens is 1. The monoisotopic (exact) mass is 670 g/mol. The maximum Gasteiger partial charge on any atom is 0.303 e. The van der Waals surface area contributed by atoms with E-state index in [0.29, 0.717) is 30.8 Å². The fourth-order valence-corrected chi connectivity index (χ4v) is 7.20. The van der Waals surface area contributed by atoms with Crippen LogP contribution < -0.4 is 10.3 Å². The molecule has 1 atom stereocenters. The predicted molar refractivity (Wildman–Crippen MR) is 189 cm³/mol. The molecule has 4 aromatic rings. The summed E-state index contributed by atoms with van der Waals surface area (Å²) in [7, 11) is 0.515. The van der Waals surface area contributed by atoms with Gasteiger partial charge < -0.3 is 23.7 Å². The van der Waals surface area contributed by atoms with Gasteiger partial charge in [0.1, 0.15) is 18.6 Å². The van der Waals surface area contributed by atoms with Crippen LogP contribution in [0.5, 0.6) is 5.75 Å². The van der Waals surface area contributed by atoms with E-state index in [9.17, 15) is 9.59 Å². The van der Waals surface area contributed by atoms with Crippen LogP contribution in [0.25, 0.3) is 10.9 Å². The molecule has 0 saturated heterocycles. The second kappa shape index (κ2) is 18.1. The molecule has 0 aliphatic heterocycles. The van der Waals surface area contributed by atoms with E-state index < -0.39 is 17.7 Å². The quantitative estimate of drug-likeness (QED) is 0.0590. The van der Waals surface area contributed by atoms with Gasteiger partial charge in [-0.1, -0.05) is 87.0 Å². The number of rotatable bonds is 20. The average molecular weight is 671 g/mol. The van der Waals surface area contributed by atoms with Gasteiger partial charge in [-0.25, -0.2) is 0 Å². The number of aromatic amines is 1. The van der Waals surface area contributed by atoms with Crippen LogP contribution in [0.15, 0.2) is 89.7 Å². The molecule has 2 N–H and O–H groups in total. The van der Waals surface area contributed by atoms with E-state index in [4.69, 9.17) is 18.7 Å². The zero-order chi connectivity index (χ0) is 33.6. The molecule has 0 spiro atoms. The molecule has 4 radical (unpaired) electrons. The third kappa shape index (κ3) is 10.5. The van der Waals surface area contributed by atoms with Gasteiger partial charge in [-0.3, -0.25) is 14.5 Å². The number of carbonyl (C=O) groups is 1. The lowest BCUT2D eigenvalue weighted by Crippen LogP contribution is -2.45. The molecule has 0 aliphatic carbocycles. The standard InChI is InChI=1S/C37H46N2O6Si2/c1-37(2,36(44-46-3)45-47-4)31(25-39(23-13-7-12-18-34(41)42)24-27-14-8-5-9-15-27)29-19-21-32(35-30(29)20-22-33(40)38-35)43-26-28-16-10-6-11-17-28/h5-6,8-11,14-17,19-22,31,36H,7,12-13,18,23-26H2,1-4H3,(H,38,40)(H,41,42)/t31-/m1/s1. The first-order valence-corrected chi connectivity index (χ1v) is 19.0. The molecular formula is C37H46N2O6Si2. The fraction of sp³-hybridized carbons (Fsp3) is 0.405. The van der Waals surface area contributed by atoms with Gasteiger partial charge in [-0.2, -0.15) is 0 Å². The number of hydrogen-bond acceptors (Lipinski definition) is 6. The summed E-state index contributed by atoms with van der Waals surface area (Å²) in [5, 5.41) is 10.1. The molecule has 0 saturated carbocycles. The van der Waals surface area contributed by atoms with Crippen molar-refractivity contribution in [1.82, 2.24) is 9.88 Å². The highest BCUT2D eigenvalue weighted by molar-refractivity contribution is 6.26. The fourth-order valence-electron chi connectivity index (χ4n) is 5.97. The Balaban J connectivity index is 1.76. The van der Waals surface area contributed by atoms with Gasteiger partial charge in [0.15, 0.2) is 0 Å². The number of aliphatic carboxylic acids is 1. The molecule has 4 rings (SSSR count). The first kappa shape index (κ1) is 36.3. The van der Waals surface area contributed by atoms with Crippen LogP contribution in [-0.2, 0) is 26.8 Å². The van der Waals surface area contributed by atoms with E-state index in [1.165, 1.54) is 5.56 Å². The Bertz CT molecular complexity index is 1590. The number of carboxylic acid groups (broad SMARTS) is 1. The highest BCUT2D eigenvalue weighted by atomic mass is 28.2. The minimum atomic E-state index is -0.756. The van der Waals surface area contributed by atoms with Crippen molar-refractivity contribution in [3.05, 3.63) is 112 Å². The Hall–Kier alpha value is -3.55. The van der Waals surface area contributed by atoms with Crippen molar-refractivity contribution in [2.75, 3.05) is 13.1 Å². The summed E-state index contributed by atoms with van der Waals surface area (Å²) in [5.41, 5.74) is 3.34. The summed E-state index contributed by atoms with van der Waals surface area (Å²) >= 11 is 0. The predicted octanol–water partition coefficient (Wildman–Crippen LogP) is 7.06. The van der Waals surface area contributed by atoms with Crippen LogP contribution in [-0.4, -0.2) is 59.9 Å². The molecule has 0 aliphatic rings. The number of carboxylic acids is 1. The number of benzene rings is 3. The summed E-state index contributed by atoms with van der Waals surface area (Å²) in [6.45, 7) is 11.1. The SMILES string of the molecule is C[Si]OC(O[Si]C)C(C)(C)[C@H](CN(CCCCCC(=O)O)Cc1ccccc1)c1ccc(OCc2ccccc2)c2[nH]c(=O)ccc12. The Morgan fingerprint density at radius 2 is 1.53 bits per heavy atom. The number of nitrogens with one attached hydrogen (secondary N) is 1. The van der Waals surface area contributed by atoms with Crippen LogP contribution >= 0.6 is 0 Å². The number of unbranched alkanes of at least 4 members (excludes halogenated alkanes) is 2. The molecular weight excluding hydrogens is 625 g/mol. The zero-order valence-corrected chi connectivity index (χ0v) is 29.8. The minimum Gasteiger partial charge on any atom is -0.487 e. The molecule has 47 heavy (non-hydrogen) atoms. The molecule has 8 nitrogen and oxygen atoms in total. The van der Waals surface area contributed by atoms with Gasteiger partial charge in [0.2, 0.25) is 25.1 Å². The second-order valence-corrected chi connectivity index (χ2v) is 13.6. The second-order valence-electron chi connectivity index (χ2n) is 12.3. The molecule has 0 unspecified atom stereocenters. The number of ether oxygens (including phenoxy) is 1. The topological polar surface area (TPSA) is 101 Å². The zero-order valence-electron chi connectivity index (χ0n) is 27.8. The first-order valence-electron chi connectivity index (χ1n) is 16.2. The Kier molecular flexibility index (Phi) is 14.0. The van der Waals surface area contributed by atoms with E-state index in [1.54, 1.807) is 6.07 Å². The molecule has 10 heteroatoms. The third-order valence-corrected chi connectivity index (χ3v) is 9.41. The van der Waals surface area contributed by atoms with E-state index in [-0.39, 0.29) is 37.4 Å². The van der Waals surface area contributed by atoms with Crippen LogP contribution in [0, 0.1) is 5.41 Å². The Morgan fingerprint density at radius 1 is 0.872 bits per heavy atom. The van der Waals surface area contributed by atoms with Crippen LogP contribution in [0.1, 0.15) is 62.1 Å². The summed E-state index contributed by atoms with van der Waals surface area (Å²) in [6.07, 6.45) is 2.12. The van der Waals surface area contributed by atoms with E-state index in [0.717, 1.165) is 42.4 Å². The lowest BCUT2D eigenvalue weighted by molar-refractivity contribution is -0.137. The molecule has 0 amide bonds. The maximum absolute atomic E-state index is 12.7. The lowest BCUT2D eigenvalue weighted by Gasteiger charge is -2.43. The number of hydrogen-bond donors (Lipinski definition) is 2. The van der Waals surface area contributed by atoms with Gasteiger partial charge in [-0.15, -0.1) is 0 Å². The van der Waals surface area contributed by atoms with E-state index in [1.807, 2.05) is 61.6 Å². The first-order chi connectivity index (χ1) is 22.7. The van der Waals surface area contributed by atoms with Gasteiger partial charge in [0.25, 0.3) is 0 Å². The van der Waals surface area contributed by atoms with E-state index >= 15 is 0 Å². The number of pyridine rings is 1. The highest BCUT2D eigenvalue weighted by Gasteiger charge is 2.41. The van der Waals surface area contributed by atoms with Gasteiger partial charge in [0.05, 0.1) is 5.52 Å². The van der Waals surface area contributed by atoms with Gasteiger partial charge >= 0.3 is 5.97 Å². The third-order valence-electron chi connectivity index (χ3n) is 8.51. The molecule has 248 valence electrons. The minimum absolute atomic E-state index is 0.0699. The normalized spacial score (nSPS) is 12.6. The van der Waals surface area contributed by atoms with Crippen LogP contribution in [0.3, 0.4) is 0 Å². The number of nitrogens with zero attached hydrogens (tertiary/aromatic N) is 1. The summed E-state index contributed by atoms with van der Waals surface area (Å²) < 4.78 is 18.9. The smallest absolute Gasteiger partial charge is 0.303 e. The van der Waals surface area contributed by atoms with Crippen LogP contribution in [0.4, 0.5) is 0 Å². The Morgan fingerprint density at radius 3 is 2.17 bits per heavy atom. The summed E-state index contributed by atoms with van der Waals surface area (Å²) in [5.74, 6) is -0.205. The molecule has 0 bridgehead atoms. The van der Waals surface area contributed by atoms with Gasteiger partial charge in [-0.05, 0) is 61.3 Å². The van der Waals surface area contributed by atoms with Crippen molar-refractivity contribution in [2.45, 2.75) is 78.0 Å². The maximum atomic E-state index is 12.7. The van der Waals surface area contributed by atoms with Crippen molar-refractivity contribution in [3.63, 3.8) is 0 Å². The van der Waals surface area contributed by atoms with Crippen molar-refractivity contribution in [1.29, 1.82) is 0 Å². The average Bonchev–Trinajstić information content (AvgIpc) is 3.06.